The van der Waals surface area contributed by atoms with E-state index in [1.165, 1.54) is 0 Å². The van der Waals surface area contributed by atoms with Crippen molar-refractivity contribution in [2.45, 2.75) is 31.2 Å². The number of benzene rings is 4. The van der Waals surface area contributed by atoms with Gasteiger partial charge in [0.05, 0.1) is 4.47 Å². The second kappa shape index (κ2) is 12.4. The van der Waals surface area contributed by atoms with Crippen molar-refractivity contribution in [1.29, 1.82) is 0 Å². The Bertz CT molecular complexity index is 1400. The summed E-state index contributed by atoms with van der Waals surface area (Å²) in [5.41, 5.74) is 4.59. The first-order valence-electron chi connectivity index (χ1n) is 13.6. The molecule has 0 bridgehead atoms. The van der Waals surface area contributed by atoms with Gasteiger partial charge in [-0.1, -0.05) is 111 Å². The van der Waals surface area contributed by atoms with Gasteiger partial charge in [0.25, 0.3) is 0 Å². The van der Waals surface area contributed by atoms with Crippen molar-refractivity contribution < 1.29 is 9.47 Å². The molecule has 6 heteroatoms. The van der Waals surface area contributed by atoms with Crippen LogP contribution in [0.3, 0.4) is 0 Å². The van der Waals surface area contributed by atoms with Gasteiger partial charge in [0.1, 0.15) is 17.0 Å². The van der Waals surface area contributed by atoms with Gasteiger partial charge in [0.15, 0.2) is 6.79 Å². The Morgan fingerprint density at radius 3 is 1.70 bits per heavy atom. The maximum atomic E-state index is 5.83. The zero-order valence-corrected chi connectivity index (χ0v) is 25.8. The van der Waals surface area contributed by atoms with E-state index in [1.807, 2.05) is 24.3 Å². The second-order valence-corrected chi connectivity index (χ2v) is 17.6. The van der Waals surface area contributed by atoms with E-state index in [-0.39, 0.29) is 6.79 Å². The minimum atomic E-state index is -1.11. The third kappa shape index (κ3) is 6.14. The van der Waals surface area contributed by atoms with Crippen LogP contribution in [0.25, 0.3) is 11.3 Å². The van der Waals surface area contributed by atoms with Crippen molar-refractivity contribution in [3.63, 3.8) is 0 Å². The highest BCUT2D eigenvalue weighted by Gasteiger charge is 2.39. The molecule has 0 saturated heterocycles. The molecule has 5 rings (SSSR count). The number of halogens is 1. The lowest BCUT2D eigenvalue weighted by Gasteiger charge is -2.36. The zero-order valence-electron chi connectivity index (χ0n) is 23.3. The molecule has 204 valence electrons. The molecular weight excluding hydrogens is 576 g/mol. The average molecular weight is 612 g/mol. The Balaban J connectivity index is 1.50. The molecule has 0 radical (unpaired) electrons. The first kappa shape index (κ1) is 28.1. The van der Waals surface area contributed by atoms with Crippen molar-refractivity contribution in [2.75, 3.05) is 13.4 Å². The molecule has 4 nitrogen and oxygen atoms in total. The molecule has 1 aromatic heterocycles. The van der Waals surface area contributed by atoms with E-state index in [1.54, 1.807) is 0 Å². The fourth-order valence-corrected chi connectivity index (χ4v) is 6.17. The summed E-state index contributed by atoms with van der Waals surface area (Å²) in [6.45, 7) is 8.04. The standard InChI is InChI=1S/C34H35BrN2O2Si/c1-40(2,3)24-23-38-26-39-31-21-19-27(20-22-31)33-32(35)25-37(36-33)34(28-13-7-4-8-14-28,29-15-9-5-10-16-29)30-17-11-6-12-18-30/h4-22,25H,23-24,26H2,1-3H3. The van der Waals surface area contributed by atoms with Gasteiger partial charge in [-0.05, 0) is 62.9 Å². The molecule has 0 aliphatic heterocycles. The average Bonchev–Trinajstić information content (AvgIpc) is 3.36. The molecule has 0 saturated carbocycles. The molecule has 4 aromatic carbocycles. The Hall–Kier alpha value is -3.45. The number of aromatic nitrogens is 2. The first-order valence-corrected chi connectivity index (χ1v) is 18.1. The van der Waals surface area contributed by atoms with Gasteiger partial charge in [0.2, 0.25) is 0 Å². The van der Waals surface area contributed by atoms with Gasteiger partial charge in [-0.25, -0.2) is 0 Å². The maximum Gasteiger partial charge on any atom is 0.189 e. The third-order valence-electron chi connectivity index (χ3n) is 7.02. The Kier molecular flexibility index (Phi) is 8.69. The number of hydrogen-bond acceptors (Lipinski definition) is 3. The van der Waals surface area contributed by atoms with Crippen LogP contribution in [-0.2, 0) is 10.3 Å². The molecule has 0 aliphatic carbocycles. The summed E-state index contributed by atoms with van der Waals surface area (Å²) in [4.78, 5) is 0. The minimum absolute atomic E-state index is 0.260. The lowest BCUT2D eigenvalue weighted by atomic mass is 9.77. The van der Waals surface area contributed by atoms with Crippen molar-refractivity contribution in [3.8, 4) is 17.0 Å². The van der Waals surface area contributed by atoms with E-state index < -0.39 is 13.6 Å². The van der Waals surface area contributed by atoms with Crippen LogP contribution in [0.15, 0.2) is 126 Å². The van der Waals surface area contributed by atoms with Crippen LogP contribution in [0, 0.1) is 0 Å². The van der Waals surface area contributed by atoms with E-state index in [0.29, 0.717) is 0 Å². The highest BCUT2D eigenvalue weighted by Crippen LogP contribution is 2.42. The van der Waals surface area contributed by atoms with Crippen LogP contribution in [-0.4, -0.2) is 31.3 Å². The van der Waals surface area contributed by atoms with Crippen LogP contribution < -0.4 is 4.74 Å². The maximum absolute atomic E-state index is 5.83. The van der Waals surface area contributed by atoms with Gasteiger partial charge in [-0.2, -0.15) is 5.10 Å². The normalized spacial score (nSPS) is 11.9. The van der Waals surface area contributed by atoms with Crippen molar-refractivity contribution in [3.05, 3.63) is 143 Å². The summed E-state index contributed by atoms with van der Waals surface area (Å²) in [6.07, 6.45) is 2.08. The Morgan fingerprint density at radius 1 is 0.725 bits per heavy atom. The third-order valence-corrected chi connectivity index (χ3v) is 9.31. The molecule has 0 unspecified atom stereocenters. The molecule has 40 heavy (non-hydrogen) atoms. The topological polar surface area (TPSA) is 36.3 Å². The smallest absolute Gasteiger partial charge is 0.189 e. The first-order chi connectivity index (χ1) is 19.4. The van der Waals surface area contributed by atoms with Crippen LogP contribution in [0.2, 0.25) is 25.7 Å². The summed E-state index contributed by atoms with van der Waals surface area (Å²) in [5, 5.41) is 5.23. The van der Waals surface area contributed by atoms with E-state index in [0.717, 1.165) is 50.8 Å². The highest BCUT2D eigenvalue weighted by molar-refractivity contribution is 9.10. The van der Waals surface area contributed by atoms with Crippen LogP contribution in [0.1, 0.15) is 16.7 Å². The fraction of sp³-hybridized carbons (Fsp3) is 0.206. The van der Waals surface area contributed by atoms with E-state index in [4.69, 9.17) is 14.6 Å². The SMILES string of the molecule is C[Si](C)(C)CCOCOc1ccc(-c2nn(C(c3ccccc3)(c3ccccc3)c3ccccc3)cc2Br)cc1. The highest BCUT2D eigenvalue weighted by atomic mass is 79.9. The van der Waals surface area contributed by atoms with Gasteiger partial charge in [0, 0.05) is 26.4 Å². The zero-order chi connectivity index (χ0) is 28.0. The number of ether oxygens (including phenoxy) is 2. The Morgan fingerprint density at radius 2 is 1.23 bits per heavy atom. The molecular formula is C34H35BrN2O2Si. The second-order valence-electron chi connectivity index (χ2n) is 11.1. The summed E-state index contributed by atoms with van der Waals surface area (Å²) in [6, 6.07) is 40.9. The van der Waals surface area contributed by atoms with Crippen LogP contribution in [0.4, 0.5) is 0 Å². The molecule has 0 amide bonds. The number of rotatable bonds is 11. The van der Waals surface area contributed by atoms with Crippen LogP contribution in [0.5, 0.6) is 5.75 Å². The van der Waals surface area contributed by atoms with Crippen molar-refractivity contribution in [2.24, 2.45) is 0 Å². The van der Waals surface area contributed by atoms with Gasteiger partial charge in [-0.15, -0.1) is 0 Å². The van der Waals surface area contributed by atoms with Gasteiger partial charge >= 0.3 is 0 Å². The predicted octanol–water partition coefficient (Wildman–Crippen LogP) is 8.84. The summed E-state index contributed by atoms with van der Waals surface area (Å²) >= 11 is 3.83. The number of nitrogens with zero attached hydrogens (tertiary/aromatic N) is 2. The van der Waals surface area contributed by atoms with E-state index >= 15 is 0 Å². The molecule has 0 fully saturated rings. The van der Waals surface area contributed by atoms with E-state index in [2.05, 4.69) is 137 Å². The molecule has 0 N–H and O–H groups in total. The van der Waals surface area contributed by atoms with E-state index in [9.17, 15) is 0 Å². The van der Waals surface area contributed by atoms with Crippen molar-refractivity contribution in [1.82, 2.24) is 9.78 Å². The van der Waals surface area contributed by atoms with Gasteiger partial charge in [-0.3, -0.25) is 4.68 Å². The monoisotopic (exact) mass is 610 g/mol. The van der Waals surface area contributed by atoms with Crippen LogP contribution >= 0.6 is 15.9 Å². The quantitative estimate of drug-likeness (QED) is 0.0648. The molecule has 0 aliphatic rings. The molecule has 0 atom stereocenters. The summed E-state index contributed by atoms with van der Waals surface area (Å²) in [5.74, 6) is 0.777. The molecule has 1 heterocycles. The fourth-order valence-electron chi connectivity index (χ4n) is 4.91. The molecule has 5 aromatic rings. The molecule has 0 spiro atoms. The lowest BCUT2D eigenvalue weighted by Crippen LogP contribution is -2.38. The lowest BCUT2D eigenvalue weighted by molar-refractivity contribution is 0.0220. The summed E-state index contributed by atoms with van der Waals surface area (Å²) < 4.78 is 14.5. The minimum Gasteiger partial charge on any atom is -0.468 e. The Labute approximate surface area is 246 Å². The van der Waals surface area contributed by atoms with Crippen molar-refractivity contribution >= 4 is 24.0 Å². The predicted molar refractivity (Wildman–Crippen MR) is 170 cm³/mol. The van der Waals surface area contributed by atoms with Gasteiger partial charge < -0.3 is 9.47 Å². The summed E-state index contributed by atoms with van der Waals surface area (Å²) in [7, 11) is -1.11. The number of hydrogen-bond donors (Lipinski definition) is 0. The largest absolute Gasteiger partial charge is 0.468 e.